The van der Waals surface area contributed by atoms with Crippen LogP contribution in [0, 0.1) is 0 Å². The summed E-state index contributed by atoms with van der Waals surface area (Å²) in [5.74, 6) is -0.581. The van der Waals surface area contributed by atoms with Crippen LogP contribution < -0.4 is 11.4 Å². The molecule has 0 aliphatic carbocycles. The number of hydrogen-bond donors (Lipinski definition) is 0. The van der Waals surface area contributed by atoms with Crippen LogP contribution in [0.1, 0.15) is 13.3 Å². The van der Waals surface area contributed by atoms with E-state index in [2.05, 4.69) is 11.8 Å². The summed E-state index contributed by atoms with van der Waals surface area (Å²) in [5.41, 5.74) is 0.0745. The number of aromatic nitrogens is 1. The number of benzene rings is 1. The lowest BCUT2D eigenvalue weighted by Gasteiger charge is -2.14. The summed E-state index contributed by atoms with van der Waals surface area (Å²) in [6, 6.07) is 7.03. The van der Waals surface area contributed by atoms with E-state index in [1.807, 2.05) is 13.1 Å². The van der Waals surface area contributed by atoms with Crippen LogP contribution in [0.15, 0.2) is 38.3 Å². The largest absolute Gasteiger partial charge is 0.422 e. The van der Waals surface area contributed by atoms with Gasteiger partial charge in [-0.3, -0.25) is 4.57 Å². The molecule has 5 nitrogen and oxygen atoms in total. The van der Waals surface area contributed by atoms with Crippen LogP contribution in [0.2, 0.25) is 0 Å². The predicted molar refractivity (Wildman–Crippen MR) is 74.5 cm³/mol. The second-order valence-electron chi connectivity index (χ2n) is 4.57. The first-order chi connectivity index (χ1) is 9.13. The van der Waals surface area contributed by atoms with Crippen molar-refractivity contribution < 1.29 is 4.42 Å². The van der Waals surface area contributed by atoms with Gasteiger partial charge < -0.3 is 9.32 Å². The molecule has 0 unspecified atom stereocenters. The molecule has 0 saturated heterocycles. The van der Waals surface area contributed by atoms with Crippen LogP contribution in [0.5, 0.6) is 0 Å². The fourth-order valence-electron chi connectivity index (χ4n) is 2.04. The smallest absolute Gasteiger partial charge is 0.372 e. The van der Waals surface area contributed by atoms with Gasteiger partial charge in [0.1, 0.15) is 0 Å². The minimum absolute atomic E-state index is 0.450. The van der Waals surface area contributed by atoms with E-state index in [9.17, 15) is 9.59 Å². The molecular formula is C14H18N2O3. The summed E-state index contributed by atoms with van der Waals surface area (Å²) in [5, 5.41) is 0.450. The Morgan fingerprint density at radius 1 is 1.26 bits per heavy atom. The zero-order chi connectivity index (χ0) is 13.8. The summed E-state index contributed by atoms with van der Waals surface area (Å²) in [7, 11) is 2.03. The summed E-state index contributed by atoms with van der Waals surface area (Å²) in [4.78, 5) is 25.5. The zero-order valence-electron chi connectivity index (χ0n) is 11.3. The van der Waals surface area contributed by atoms with E-state index in [1.54, 1.807) is 18.2 Å². The molecule has 2 aromatic rings. The second kappa shape index (κ2) is 5.84. The van der Waals surface area contributed by atoms with Crippen molar-refractivity contribution in [3.63, 3.8) is 0 Å². The van der Waals surface area contributed by atoms with E-state index in [0.717, 1.165) is 19.5 Å². The Balaban J connectivity index is 2.32. The Labute approximate surface area is 111 Å². The number of hydrogen-bond acceptors (Lipinski definition) is 4. The van der Waals surface area contributed by atoms with Crippen LogP contribution in [-0.4, -0.2) is 29.6 Å². The van der Waals surface area contributed by atoms with Crippen molar-refractivity contribution >= 4 is 10.9 Å². The maximum absolute atomic E-state index is 11.8. The highest BCUT2D eigenvalue weighted by atomic mass is 16.4. The standard InChI is InChI=1S/C14H18N2O3/c1-3-15(2)9-6-10-16-12-8-5-4-7-11(12)13(17)19-14(16)18/h4-5,7-8H,3,6,9-10H2,1-2H3. The number of para-hydroxylation sites is 1. The highest BCUT2D eigenvalue weighted by molar-refractivity contribution is 5.77. The molecule has 2 rings (SSSR count). The summed E-state index contributed by atoms with van der Waals surface area (Å²) in [6.45, 7) is 4.51. The molecule has 0 spiro atoms. The molecule has 0 atom stereocenters. The van der Waals surface area contributed by atoms with Crippen molar-refractivity contribution in [3.8, 4) is 0 Å². The predicted octanol–water partition coefficient (Wildman–Crippen LogP) is 1.30. The van der Waals surface area contributed by atoms with Gasteiger partial charge in [0.2, 0.25) is 0 Å². The third kappa shape index (κ3) is 2.93. The molecule has 1 aromatic carbocycles. The third-order valence-corrected chi connectivity index (χ3v) is 3.28. The molecule has 19 heavy (non-hydrogen) atoms. The average molecular weight is 262 g/mol. The van der Waals surface area contributed by atoms with Crippen molar-refractivity contribution in [2.75, 3.05) is 20.1 Å². The van der Waals surface area contributed by atoms with Crippen LogP contribution in [-0.2, 0) is 6.54 Å². The van der Waals surface area contributed by atoms with Crippen LogP contribution in [0.4, 0.5) is 0 Å². The first-order valence-corrected chi connectivity index (χ1v) is 6.44. The first-order valence-electron chi connectivity index (χ1n) is 6.44. The highest BCUT2D eigenvalue weighted by Crippen LogP contribution is 2.07. The fraction of sp³-hybridized carbons (Fsp3) is 0.429. The van der Waals surface area contributed by atoms with Gasteiger partial charge in [0.25, 0.3) is 0 Å². The molecule has 1 aromatic heterocycles. The molecular weight excluding hydrogens is 244 g/mol. The molecule has 5 heteroatoms. The fourth-order valence-corrected chi connectivity index (χ4v) is 2.04. The van der Waals surface area contributed by atoms with Crippen molar-refractivity contribution in [2.45, 2.75) is 19.9 Å². The maximum Gasteiger partial charge on any atom is 0.422 e. The number of rotatable bonds is 5. The van der Waals surface area contributed by atoms with Gasteiger partial charge in [-0.25, -0.2) is 9.59 Å². The molecule has 0 saturated carbocycles. The second-order valence-corrected chi connectivity index (χ2v) is 4.57. The van der Waals surface area contributed by atoms with E-state index in [1.165, 1.54) is 4.57 Å². The third-order valence-electron chi connectivity index (χ3n) is 3.28. The summed E-state index contributed by atoms with van der Waals surface area (Å²) >= 11 is 0. The molecule has 102 valence electrons. The van der Waals surface area contributed by atoms with Gasteiger partial charge in [0.05, 0.1) is 10.9 Å². The zero-order valence-corrected chi connectivity index (χ0v) is 11.3. The Morgan fingerprint density at radius 2 is 2.00 bits per heavy atom. The van der Waals surface area contributed by atoms with Crippen LogP contribution in [0.25, 0.3) is 10.9 Å². The lowest BCUT2D eigenvalue weighted by molar-refractivity contribution is 0.330. The van der Waals surface area contributed by atoms with Gasteiger partial charge in [-0.1, -0.05) is 19.1 Å². The topological polar surface area (TPSA) is 55.5 Å². The van der Waals surface area contributed by atoms with Crippen molar-refractivity contribution in [1.29, 1.82) is 0 Å². The van der Waals surface area contributed by atoms with Crippen LogP contribution >= 0.6 is 0 Å². The molecule has 0 bridgehead atoms. The van der Waals surface area contributed by atoms with Crippen LogP contribution in [0.3, 0.4) is 0 Å². The summed E-state index contributed by atoms with van der Waals surface area (Å²) < 4.78 is 6.27. The minimum atomic E-state index is -0.581. The van der Waals surface area contributed by atoms with Gasteiger partial charge >= 0.3 is 11.4 Å². The van der Waals surface area contributed by atoms with Gasteiger partial charge in [-0.15, -0.1) is 0 Å². The molecule has 0 amide bonds. The quantitative estimate of drug-likeness (QED) is 0.815. The Kier molecular flexibility index (Phi) is 4.16. The Morgan fingerprint density at radius 3 is 2.74 bits per heavy atom. The molecule has 1 heterocycles. The van der Waals surface area contributed by atoms with Crippen molar-refractivity contribution in [2.24, 2.45) is 0 Å². The lowest BCUT2D eigenvalue weighted by Crippen LogP contribution is -2.27. The van der Waals surface area contributed by atoms with Crippen molar-refractivity contribution in [1.82, 2.24) is 9.47 Å². The van der Waals surface area contributed by atoms with E-state index in [0.29, 0.717) is 17.4 Å². The lowest BCUT2D eigenvalue weighted by atomic mass is 10.2. The van der Waals surface area contributed by atoms with Gasteiger partial charge in [0.15, 0.2) is 0 Å². The number of nitrogens with zero attached hydrogens (tertiary/aromatic N) is 2. The Hall–Kier alpha value is -1.88. The molecule has 0 fully saturated rings. The highest BCUT2D eigenvalue weighted by Gasteiger charge is 2.08. The average Bonchev–Trinajstić information content (AvgIpc) is 2.42. The molecule has 0 aliphatic heterocycles. The van der Waals surface area contributed by atoms with Gasteiger partial charge in [-0.2, -0.15) is 0 Å². The molecule has 0 aliphatic rings. The number of aryl methyl sites for hydroxylation is 1. The first kappa shape index (κ1) is 13.5. The van der Waals surface area contributed by atoms with E-state index in [-0.39, 0.29) is 0 Å². The van der Waals surface area contributed by atoms with E-state index in [4.69, 9.17) is 4.42 Å². The van der Waals surface area contributed by atoms with Gasteiger partial charge in [-0.05, 0) is 38.7 Å². The monoisotopic (exact) mass is 262 g/mol. The van der Waals surface area contributed by atoms with E-state index < -0.39 is 11.4 Å². The van der Waals surface area contributed by atoms with E-state index >= 15 is 0 Å². The molecule has 0 N–H and O–H groups in total. The minimum Gasteiger partial charge on any atom is -0.372 e. The summed E-state index contributed by atoms with van der Waals surface area (Å²) in [6.07, 6.45) is 0.835. The maximum atomic E-state index is 11.8. The van der Waals surface area contributed by atoms with Crippen molar-refractivity contribution in [3.05, 3.63) is 45.2 Å². The van der Waals surface area contributed by atoms with Gasteiger partial charge in [0, 0.05) is 6.54 Å². The normalized spacial score (nSPS) is 11.3. The molecule has 0 radical (unpaired) electrons. The Bertz CT molecular complexity index is 672. The number of fused-ring (bicyclic) bond motifs is 1. The SMILES string of the molecule is CCN(C)CCCn1c(=O)oc(=O)c2ccccc21.